The van der Waals surface area contributed by atoms with Crippen LogP contribution in [0.4, 0.5) is 0 Å². The molecule has 0 aromatic carbocycles. The van der Waals surface area contributed by atoms with E-state index in [0.29, 0.717) is 12.8 Å². The highest BCUT2D eigenvalue weighted by atomic mass is 16.3. The SMILES string of the molecule is CC(O)(C(=O)CCCCO)C1=C=CC=N1. The molecule has 82 valence electrons. The zero-order valence-electron chi connectivity index (χ0n) is 8.73. The van der Waals surface area contributed by atoms with Crippen LogP contribution in [-0.4, -0.2) is 34.4 Å². The van der Waals surface area contributed by atoms with Crippen molar-refractivity contribution in [1.29, 1.82) is 0 Å². The molecule has 4 nitrogen and oxygen atoms in total. The van der Waals surface area contributed by atoms with E-state index < -0.39 is 5.60 Å². The second-order valence-electron chi connectivity index (χ2n) is 3.61. The largest absolute Gasteiger partial charge is 0.396 e. The number of hydrogen-bond donors (Lipinski definition) is 2. The molecule has 1 aliphatic rings. The first-order valence-electron chi connectivity index (χ1n) is 4.95. The van der Waals surface area contributed by atoms with Crippen LogP contribution in [0.15, 0.2) is 22.5 Å². The number of aliphatic imine (C=N–C) groups is 1. The zero-order chi connectivity index (χ0) is 11.3. The zero-order valence-corrected chi connectivity index (χ0v) is 8.73. The van der Waals surface area contributed by atoms with E-state index in [0.717, 1.165) is 0 Å². The van der Waals surface area contributed by atoms with Gasteiger partial charge in [-0.1, -0.05) is 5.73 Å². The first kappa shape index (κ1) is 11.9. The molecule has 0 bridgehead atoms. The van der Waals surface area contributed by atoms with Crippen molar-refractivity contribution in [2.45, 2.75) is 31.8 Å². The molecule has 0 saturated carbocycles. The van der Waals surface area contributed by atoms with Gasteiger partial charge >= 0.3 is 0 Å². The number of aliphatic hydroxyl groups is 2. The molecule has 0 saturated heterocycles. The van der Waals surface area contributed by atoms with Crippen molar-refractivity contribution >= 4 is 12.0 Å². The van der Waals surface area contributed by atoms with Crippen molar-refractivity contribution in [2.24, 2.45) is 4.99 Å². The predicted molar refractivity (Wildman–Crippen MR) is 56.7 cm³/mol. The standard InChI is InChI=1S/C11H15NO3/c1-11(15,9-5-4-7-12-9)10(14)6-2-3-8-13/h4,7,13,15H,2-3,6,8H2,1H3. The minimum atomic E-state index is -1.56. The van der Waals surface area contributed by atoms with Gasteiger partial charge in [-0.15, -0.1) is 0 Å². The normalized spacial score (nSPS) is 17.7. The molecule has 4 heteroatoms. The number of nitrogens with zero attached hydrogens (tertiary/aromatic N) is 1. The van der Waals surface area contributed by atoms with Crippen molar-refractivity contribution in [1.82, 2.24) is 0 Å². The van der Waals surface area contributed by atoms with E-state index in [1.54, 1.807) is 6.08 Å². The van der Waals surface area contributed by atoms with Crippen LogP contribution in [0, 0.1) is 0 Å². The van der Waals surface area contributed by atoms with Gasteiger partial charge in [0.1, 0.15) is 5.70 Å². The van der Waals surface area contributed by atoms with Gasteiger partial charge in [-0.25, -0.2) is 4.99 Å². The molecular formula is C11H15NO3. The quantitative estimate of drug-likeness (QED) is 0.497. The molecular weight excluding hydrogens is 194 g/mol. The van der Waals surface area contributed by atoms with E-state index in [1.165, 1.54) is 13.1 Å². The van der Waals surface area contributed by atoms with Gasteiger partial charge < -0.3 is 10.2 Å². The first-order chi connectivity index (χ1) is 7.09. The lowest BCUT2D eigenvalue weighted by Gasteiger charge is -2.19. The Hall–Kier alpha value is -1.22. The average Bonchev–Trinajstić information content (AvgIpc) is 2.71. The molecule has 1 aliphatic heterocycles. The van der Waals surface area contributed by atoms with Crippen molar-refractivity contribution in [3.05, 3.63) is 17.5 Å². The summed E-state index contributed by atoms with van der Waals surface area (Å²) >= 11 is 0. The Morgan fingerprint density at radius 1 is 1.60 bits per heavy atom. The Morgan fingerprint density at radius 2 is 2.33 bits per heavy atom. The molecule has 2 N–H and O–H groups in total. The Balaban J connectivity index is 2.57. The van der Waals surface area contributed by atoms with Crippen LogP contribution in [0.3, 0.4) is 0 Å². The minimum Gasteiger partial charge on any atom is -0.396 e. The first-order valence-corrected chi connectivity index (χ1v) is 4.95. The van der Waals surface area contributed by atoms with E-state index in [9.17, 15) is 9.90 Å². The number of unbranched alkanes of at least 4 members (excludes halogenated alkanes) is 1. The van der Waals surface area contributed by atoms with E-state index in [-0.39, 0.29) is 24.5 Å². The lowest BCUT2D eigenvalue weighted by Crippen LogP contribution is -2.36. The molecule has 15 heavy (non-hydrogen) atoms. The lowest BCUT2D eigenvalue weighted by atomic mass is 9.94. The van der Waals surface area contributed by atoms with Gasteiger partial charge in [-0.3, -0.25) is 4.79 Å². The summed E-state index contributed by atoms with van der Waals surface area (Å²) in [5.74, 6) is -0.286. The Kier molecular flexibility index (Phi) is 3.97. The Bertz CT molecular complexity index is 336. The molecule has 1 rings (SSSR count). The monoisotopic (exact) mass is 209 g/mol. The van der Waals surface area contributed by atoms with E-state index in [4.69, 9.17) is 5.11 Å². The van der Waals surface area contributed by atoms with E-state index in [1.807, 2.05) is 0 Å². The molecule has 0 aliphatic carbocycles. The molecule has 0 aromatic heterocycles. The van der Waals surface area contributed by atoms with E-state index >= 15 is 0 Å². The van der Waals surface area contributed by atoms with Crippen LogP contribution >= 0.6 is 0 Å². The van der Waals surface area contributed by atoms with Crippen LogP contribution in [0.1, 0.15) is 26.2 Å². The third-order valence-electron chi connectivity index (χ3n) is 2.31. The summed E-state index contributed by atoms with van der Waals surface area (Å²) in [4.78, 5) is 15.5. The second-order valence-corrected chi connectivity index (χ2v) is 3.61. The van der Waals surface area contributed by atoms with Crippen molar-refractivity contribution in [2.75, 3.05) is 6.61 Å². The van der Waals surface area contributed by atoms with Crippen LogP contribution in [0.25, 0.3) is 0 Å². The molecule has 1 atom stereocenters. The minimum absolute atomic E-state index is 0.0656. The summed E-state index contributed by atoms with van der Waals surface area (Å²) in [6.45, 7) is 1.49. The maximum atomic E-state index is 11.6. The fourth-order valence-electron chi connectivity index (χ4n) is 1.30. The lowest BCUT2D eigenvalue weighted by molar-refractivity contribution is -0.132. The van der Waals surface area contributed by atoms with Crippen LogP contribution < -0.4 is 0 Å². The maximum absolute atomic E-state index is 11.6. The van der Waals surface area contributed by atoms with Gasteiger partial charge in [0.05, 0.1) is 0 Å². The van der Waals surface area contributed by atoms with E-state index in [2.05, 4.69) is 10.7 Å². The Labute approximate surface area is 88.6 Å². The van der Waals surface area contributed by atoms with Gasteiger partial charge in [0.2, 0.25) is 0 Å². The molecule has 0 fully saturated rings. The number of hydrogen-bond acceptors (Lipinski definition) is 4. The molecule has 0 aromatic rings. The number of carbonyl (C=O) groups excluding carboxylic acids is 1. The second kappa shape index (κ2) is 5.03. The highest BCUT2D eigenvalue weighted by Gasteiger charge is 2.34. The number of Topliss-reactive ketones (excluding diaryl/α,β-unsaturated/α-hetero) is 1. The molecule has 1 unspecified atom stereocenters. The van der Waals surface area contributed by atoms with Crippen LogP contribution in [0.2, 0.25) is 0 Å². The van der Waals surface area contributed by atoms with Crippen LogP contribution in [-0.2, 0) is 4.79 Å². The molecule has 0 spiro atoms. The smallest absolute Gasteiger partial charge is 0.170 e. The summed E-state index contributed by atoms with van der Waals surface area (Å²) in [5, 5.41) is 18.5. The number of rotatable bonds is 6. The molecule has 0 radical (unpaired) electrons. The third kappa shape index (κ3) is 2.86. The van der Waals surface area contributed by atoms with Gasteiger partial charge in [-0.05, 0) is 19.8 Å². The van der Waals surface area contributed by atoms with Gasteiger partial charge in [0.25, 0.3) is 0 Å². The predicted octanol–water partition coefficient (Wildman–Crippen LogP) is 0.592. The summed E-state index contributed by atoms with van der Waals surface area (Å²) in [7, 11) is 0. The van der Waals surface area contributed by atoms with Crippen molar-refractivity contribution in [3.63, 3.8) is 0 Å². The summed E-state index contributed by atoms with van der Waals surface area (Å²) < 4.78 is 0. The fourth-order valence-corrected chi connectivity index (χ4v) is 1.30. The third-order valence-corrected chi connectivity index (χ3v) is 2.31. The highest BCUT2D eigenvalue weighted by molar-refractivity contribution is 5.91. The van der Waals surface area contributed by atoms with Crippen molar-refractivity contribution in [3.8, 4) is 0 Å². The number of ketones is 1. The molecule has 0 amide bonds. The topological polar surface area (TPSA) is 69.9 Å². The average molecular weight is 209 g/mol. The summed E-state index contributed by atoms with van der Waals surface area (Å²) in [5.41, 5.74) is 1.42. The Morgan fingerprint density at radius 3 is 2.87 bits per heavy atom. The number of aliphatic hydroxyl groups excluding tert-OH is 1. The fraction of sp³-hybridized carbons (Fsp3) is 0.545. The highest BCUT2D eigenvalue weighted by Crippen LogP contribution is 2.21. The number of carbonyl (C=O) groups is 1. The van der Waals surface area contributed by atoms with Crippen molar-refractivity contribution < 1.29 is 15.0 Å². The van der Waals surface area contributed by atoms with Gasteiger partial charge in [0.15, 0.2) is 11.4 Å². The summed E-state index contributed by atoms with van der Waals surface area (Å²) in [6.07, 6.45) is 4.44. The van der Waals surface area contributed by atoms with Gasteiger partial charge in [0, 0.05) is 25.3 Å². The van der Waals surface area contributed by atoms with Crippen LogP contribution in [0.5, 0.6) is 0 Å². The summed E-state index contributed by atoms with van der Waals surface area (Å²) in [6, 6.07) is 0. The maximum Gasteiger partial charge on any atom is 0.170 e. The van der Waals surface area contributed by atoms with Gasteiger partial charge in [-0.2, -0.15) is 0 Å². The molecule has 1 heterocycles.